The molecule has 0 fully saturated rings. The van der Waals surface area contributed by atoms with Crippen LogP contribution in [0, 0.1) is 0 Å². The lowest BCUT2D eigenvalue weighted by Crippen LogP contribution is -3.00. The van der Waals surface area contributed by atoms with Crippen molar-refractivity contribution in [1.29, 1.82) is 0 Å². The van der Waals surface area contributed by atoms with Crippen molar-refractivity contribution in [3.63, 3.8) is 0 Å². The van der Waals surface area contributed by atoms with E-state index in [0.717, 1.165) is 12.1 Å². The topological polar surface area (TPSA) is 18.5 Å². The van der Waals surface area contributed by atoms with Crippen LogP contribution in [0.3, 0.4) is 0 Å². The molecule has 0 aromatic heterocycles. The Kier molecular flexibility index (Phi) is 17.7. The third-order valence-electron chi connectivity index (χ3n) is 5.05. The van der Waals surface area contributed by atoms with E-state index < -0.39 is 9.28 Å². The first-order valence-corrected chi connectivity index (χ1v) is 11.2. The normalized spacial score (nSPS) is 13.2. The summed E-state index contributed by atoms with van der Waals surface area (Å²) in [5, 5.41) is 0. The largest absolute Gasteiger partial charge is 1.00 e. The number of unbranched alkanes of at least 4 members (excludes halogenated alkanes) is 2. The minimum Gasteiger partial charge on any atom is -1.00 e. The third kappa shape index (κ3) is 10.8. The van der Waals surface area contributed by atoms with E-state index in [1.165, 1.54) is 68.9 Å². The maximum Gasteiger partial charge on any atom is 0.320 e. The van der Waals surface area contributed by atoms with E-state index in [2.05, 4.69) is 27.8 Å². The Morgan fingerprint density at radius 1 is 0.826 bits per heavy atom. The van der Waals surface area contributed by atoms with Gasteiger partial charge in [-0.25, -0.2) is 0 Å². The molecule has 0 aliphatic carbocycles. The van der Waals surface area contributed by atoms with Gasteiger partial charge < -0.3 is 25.7 Å². The van der Waals surface area contributed by atoms with E-state index in [1.54, 1.807) is 14.2 Å². The summed E-state index contributed by atoms with van der Waals surface area (Å²) in [6, 6.07) is 1.96. The molecule has 0 spiro atoms. The molecule has 1 atom stereocenters. The number of hydrogen-bond acceptors (Lipinski definition) is 2. The molecule has 0 saturated carbocycles. The molecule has 0 radical (unpaired) electrons. The minimum atomic E-state index is -1.38. The number of halogens is 1. The van der Waals surface area contributed by atoms with E-state index in [1.807, 2.05) is 0 Å². The van der Waals surface area contributed by atoms with Gasteiger partial charge in [0.1, 0.15) is 0 Å². The smallest absolute Gasteiger partial charge is 0.320 e. The summed E-state index contributed by atoms with van der Waals surface area (Å²) in [6.07, 6.45) is 10.6. The Labute approximate surface area is 154 Å². The van der Waals surface area contributed by atoms with Crippen LogP contribution in [0.5, 0.6) is 0 Å². The molecule has 3 nitrogen and oxygen atoms in total. The van der Waals surface area contributed by atoms with Gasteiger partial charge in [-0.1, -0.05) is 40.0 Å². The molecule has 1 unspecified atom stereocenters. The summed E-state index contributed by atoms with van der Waals surface area (Å²) in [5.74, 6) is 0. The van der Waals surface area contributed by atoms with E-state index >= 15 is 0 Å². The van der Waals surface area contributed by atoms with Crippen LogP contribution in [0.1, 0.15) is 72.1 Å². The quantitative estimate of drug-likeness (QED) is 0.322. The molecule has 0 N–H and O–H groups in total. The van der Waals surface area contributed by atoms with Crippen LogP contribution < -0.4 is 12.4 Å². The SMILES string of the molecule is CCCC[N+](C)(CCCC)C(CCC)CCC[SiH](OC)OC.[Cl-]. The summed E-state index contributed by atoms with van der Waals surface area (Å²) in [7, 11) is 4.73. The number of quaternary nitrogens is 1. The highest BCUT2D eigenvalue weighted by Crippen LogP contribution is 2.24. The molecule has 0 heterocycles. The van der Waals surface area contributed by atoms with Crippen molar-refractivity contribution in [1.82, 2.24) is 0 Å². The lowest BCUT2D eigenvalue weighted by atomic mass is 10.0. The van der Waals surface area contributed by atoms with Gasteiger partial charge in [0.25, 0.3) is 0 Å². The van der Waals surface area contributed by atoms with Gasteiger partial charge in [-0.15, -0.1) is 0 Å². The minimum absolute atomic E-state index is 0. The first kappa shape index (κ1) is 25.6. The van der Waals surface area contributed by atoms with Crippen molar-refractivity contribution in [2.24, 2.45) is 0 Å². The molecule has 0 rings (SSSR count). The fourth-order valence-corrected chi connectivity index (χ4v) is 4.70. The summed E-state index contributed by atoms with van der Waals surface area (Å²) in [4.78, 5) is 0. The summed E-state index contributed by atoms with van der Waals surface area (Å²) in [5.41, 5.74) is 0. The van der Waals surface area contributed by atoms with Crippen LogP contribution in [0.2, 0.25) is 6.04 Å². The highest BCUT2D eigenvalue weighted by Gasteiger charge is 2.30. The predicted molar refractivity (Wildman–Crippen MR) is 99.6 cm³/mol. The van der Waals surface area contributed by atoms with Crippen molar-refractivity contribution in [2.75, 3.05) is 34.4 Å². The zero-order chi connectivity index (χ0) is 16.8. The molecular weight excluding hydrogens is 326 g/mol. The number of rotatable bonds is 15. The van der Waals surface area contributed by atoms with Crippen molar-refractivity contribution in [3.05, 3.63) is 0 Å². The van der Waals surface area contributed by atoms with Gasteiger partial charge in [-0.2, -0.15) is 0 Å². The van der Waals surface area contributed by atoms with Gasteiger partial charge >= 0.3 is 9.28 Å². The second kappa shape index (κ2) is 15.9. The van der Waals surface area contributed by atoms with E-state index in [-0.39, 0.29) is 12.4 Å². The molecule has 0 saturated heterocycles. The molecule has 0 bridgehead atoms. The van der Waals surface area contributed by atoms with Gasteiger partial charge in [-0.05, 0) is 38.1 Å². The average molecular weight is 368 g/mol. The van der Waals surface area contributed by atoms with Gasteiger partial charge in [0.15, 0.2) is 0 Å². The lowest BCUT2D eigenvalue weighted by Gasteiger charge is -2.42. The van der Waals surface area contributed by atoms with E-state index in [9.17, 15) is 0 Å². The van der Waals surface area contributed by atoms with Crippen LogP contribution >= 0.6 is 0 Å². The molecular formula is C18H42ClNO2Si. The molecule has 0 aromatic carbocycles. The standard InChI is InChI=1S/C18H42NO2Si.ClH/c1-7-10-15-19(4,16-11-8-2)18(13-9-3)14-12-17-22(20-5)21-6;/h18,22H,7-17H2,1-6H3;1H/q+1;/p-1. The Bertz CT molecular complexity index is 245. The zero-order valence-corrected chi connectivity index (χ0v) is 18.5. The fourth-order valence-electron chi connectivity index (χ4n) is 3.47. The number of nitrogens with zero attached hydrogens (tertiary/aromatic N) is 1. The molecule has 23 heavy (non-hydrogen) atoms. The second-order valence-electron chi connectivity index (χ2n) is 6.91. The first-order valence-electron chi connectivity index (χ1n) is 9.47. The molecule has 0 amide bonds. The van der Waals surface area contributed by atoms with Crippen LogP contribution in [0.4, 0.5) is 0 Å². The van der Waals surface area contributed by atoms with Crippen molar-refractivity contribution < 1.29 is 25.7 Å². The highest BCUT2D eigenvalue weighted by atomic mass is 35.5. The first-order chi connectivity index (χ1) is 10.6. The van der Waals surface area contributed by atoms with Crippen molar-refractivity contribution in [3.8, 4) is 0 Å². The molecule has 0 aromatic rings. The summed E-state index contributed by atoms with van der Waals surface area (Å²) >= 11 is 0. The second-order valence-corrected chi connectivity index (χ2v) is 9.29. The van der Waals surface area contributed by atoms with Crippen LogP contribution in [-0.2, 0) is 8.85 Å². The number of hydrogen-bond donors (Lipinski definition) is 0. The van der Waals surface area contributed by atoms with Crippen LogP contribution in [-0.4, -0.2) is 54.2 Å². The van der Waals surface area contributed by atoms with Crippen LogP contribution in [0.25, 0.3) is 0 Å². The van der Waals surface area contributed by atoms with Crippen LogP contribution in [0.15, 0.2) is 0 Å². The van der Waals surface area contributed by atoms with Gasteiger partial charge in [0, 0.05) is 14.2 Å². The summed E-state index contributed by atoms with van der Waals surface area (Å²) in [6.45, 7) is 9.64. The van der Waals surface area contributed by atoms with E-state index in [4.69, 9.17) is 8.85 Å². The molecule has 0 aliphatic heterocycles. The fraction of sp³-hybridized carbons (Fsp3) is 1.00. The maximum atomic E-state index is 5.47. The molecule has 0 aliphatic rings. The van der Waals surface area contributed by atoms with E-state index in [0.29, 0.717) is 0 Å². The lowest BCUT2D eigenvalue weighted by molar-refractivity contribution is -0.934. The predicted octanol–water partition coefficient (Wildman–Crippen LogP) is 1.50. The maximum absolute atomic E-state index is 5.47. The Morgan fingerprint density at radius 2 is 1.35 bits per heavy atom. The monoisotopic (exact) mass is 367 g/mol. The highest BCUT2D eigenvalue weighted by molar-refractivity contribution is 6.44. The third-order valence-corrected chi connectivity index (χ3v) is 6.98. The average Bonchev–Trinajstić information content (AvgIpc) is 2.54. The Balaban J connectivity index is 0. The van der Waals surface area contributed by atoms with Crippen molar-refractivity contribution >= 4 is 9.28 Å². The zero-order valence-electron chi connectivity index (χ0n) is 16.6. The Hall–Kier alpha value is 0.387. The molecule has 142 valence electrons. The van der Waals surface area contributed by atoms with Gasteiger partial charge in [-0.3, -0.25) is 0 Å². The Morgan fingerprint density at radius 3 is 1.74 bits per heavy atom. The summed E-state index contributed by atoms with van der Waals surface area (Å²) < 4.78 is 12.2. The van der Waals surface area contributed by atoms with Gasteiger partial charge in [0.05, 0.1) is 26.2 Å². The van der Waals surface area contributed by atoms with Gasteiger partial charge in [0.2, 0.25) is 0 Å². The molecule has 5 heteroatoms. The van der Waals surface area contributed by atoms with Crippen molar-refractivity contribution in [2.45, 2.75) is 84.2 Å².